The first-order chi connectivity index (χ1) is 9.54. The molecule has 1 heterocycles. The predicted octanol–water partition coefficient (Wildman–Crippen LogP) is 4.34. The van der Waals surface area contributed by atoms with Crippen LogP contribution in [0.3, 0.4) is 0 Å². The molecule has 0 saturated heterocycles. The molecule has 4 heteroatoms. The highest BCUT2D eigenvalue weighted by Gasteiger charge is 2.08. The van der Waals surface area contributed by atoms with Crippen LogP contribution < -0.4 is 5.73 Å². The Balaban J connectivity index is 1.80. The minimum absolute atomic E-state index is 0.118. The molecule has 0 spiro atoms. The molecule has 0 saturated carbocycles. The van der Waals surface area contributed by atoms with Crippen LogP contribution >= 0.6 is 27.3 Å². The third-order valence-electron chi connectivity index (χ3n) is 3.40. The Morgan fingerprint density at radius 2 is 2.00 bits per heavy atom. The van der Waals surface area contributed by atoms with Crippen molar-refractivity contribution in [3.05, 3.63) is 56.2 Å². The van der Waals surface area contributed by atoms with Crippen LogP contribution in [-0.4, -0.2) is 18.5 Å². The molecule has 2 rings (SSSR count). The number of nitrogens with zero attached hydrogens (tertiary/aromatic N) is 1. The summed E-state index contributed by atoms with van der Waals surface area (Å²) in [6.07, 6.45) is 0.977. The molecule has 0 amide bonds. The Morgan fingerprint density at radius 1 is 1.30 bits per heavy atom. The van der Waals surface area contributed by atoms with Crippen molar-refractivity contribution < 1.29 is 0 Å². The molecule has 1 atom stereocenters. The maximum Gasteiger partial charge on any atom is 0.0701 e. The molecule has 1 unspecified atom stereocenters. The summed E-state index contributed by atoms with van der Waals surface area (Å²) in [6, 6.07) is 10.8. The minimum Gasteiger partial charge on any atom is -0.324 e. The summed E-state index contributed by atoms with van der Waals surface area (Å²) in [6.45, 7) is 4.08. The second-order valence-corrected chi connectivity index (χ2v) is 7.59. The summed E-state index contributed by atoms with van der Waals surface area (Å²) >= 11 is 5.23. The van der Waals surface area contributed by atoms with Crippen LogP contribution in [0.25, 0.3) is 0 Å². The monoisotopic (exact) mass is 352 g/mol. The van der Waals surface area contributed by atoms with Crippen molar-refractivity contribution in [3.63, 3.8) is 0 Å². The predicted molar refractivity (Wildman–Crippen MR) is 91.1 cm³/mol. The molecular weight excluding hydrogens is 332 g/mol. The maximum absolute atomic E-state index is 6.26. The van der Waals surface area contributed by atoms with Crippen LogP contribution in [0, 0.1) is 6.92 Å². The zero-order valence-corrected chi connectivity index (χ0v) is 14.4. The van der Waals surface area contributed by atoms with Crippen LogP contribution in [0.4, 0.5) is 0 Å². The molecule has 0 radical (unpaired) electrons. The van der Waals surface area contributed by atoms with Crippen LogP contribution in [0.2, 0.25) is 0 Å². The standard InChI is InChI=1S/C16H21BrN2S/c1-12-3-5-14(6-4-12)15(18)7-8-19(2)10-13-9-16(17)20-11-13/h3-6,9,11,15H,7-8,10,18H2,1-2H3. The van der Waals surface area contributed by atoms with Crippen molar-refractivity contribution in [3.8, 4) is 0 Å². The lowest BCUT2D eigenvalue weighted by molar-refractivity contribution is 0.312. The molecule has 2 aromatic rings. The number of hydrogen-bond donors (Lipinski definition) is 1. The number of hydrogen-bond acceptors (Lipinski definition) is 3. The second kappa shape index (κ2) is 7.36. The molecule has 20 heavy (non-hydrogen) atoms. The molecule has 2 nitrogen and oxygen atoms in total. The average molecular weight is 353 g/mol. The van der Waals surface area contributed by atoms with E-state index in [4.69, 9.17) is 5.73 Å². The van der Waals surface area contributed by atoms with Crippen molar-refractivity contribution in [2.24, 2.45) is 5.73 Å². The average Bonchev–Trinajstić information content (AvgIpc) is 2.82. The quantitative estimate of drug-likeness (QED) is 0.837. The number of thiophene rings is 1. The van der Waals surface area contributed by atoms with Crippen LogP contribution in [-0.2, 0) is 6.54 Å². The van der Waals surface area contributed by atoms with Crippen LogP contribution in [0.1, 0.15) is 29.2 Å². The van der Waals surface area contributed by atoms with Gasteiger partial charge in [0.2, 0.25) is 0 Å². The lowest BCUT2D eigenvalue weighted by Crippen LogP contribution is -2.23. The maximum atomic E-state index is 6.26. The lowest BCUT2D eigenvalue weighted by atomic mass is 10.0. The number of rotatable bonds is 6. The number of aryl methyl sites for hydroxylation is 1. The molecule has 108 valence electrons. The highest BCUT2D eigenvalue weighted by atomic mass is 79.9. The molecule has 0 aliphatic carbocycles. The molecule has 0 fully saturated rings. The SMILES string of the molecule is Cc1ccc(C(N)CCN(C)Cc2csc(Br)c2)cc1. The van der Waals surface area contributed by atoms with Crippen LogP contribution in [0.15, 0.2) is 39.5 Å². The van der Waals surface area contributed by atoms with Gasteiger partial charge in [-0.15, -0.1) is 11.3 Å². The van der Waals surface area contributed by atoms with Crippen molar-refractivity contribution in [1.29, 1.82) is 0 Å². The largest absolute Gasteiger partial charge is 0.324 e. The summed E-state index contributed by atoms with van der Waals surface area (Å²) in [5, 5.41) is 2.19. The van der Waals surface area contributed by atoms with Crippen LogP contribution in [0.5, 0.6) is 0 Å². The van der Waals surface area contributed by atoms with E-state index in [1.54, 1.807) is 11.3 Å². The minimum atomic E-state index is 0.118. The van der Waals surface area contributed by atoms with Gasteiger partial charge in [-0.3, -0.25) is 0 Å². The summed E-state index contributed by atoms with van der Waals surface area (Å²) in [5.74, 6) is 0. The molecule has 2 N–H and O–H groups in total. The molecule has 0 aliphatic rings. The molecule has 0 aliphatic heterocycles. The summed E-state index contributed by atoms with van der Waals surface area (Å²) in [4.78, 5) is 2.32. The van der Waals surface area contributed by atoms with Gasteiger partial charge >= 0.3 is 0 Å². The van der Waals surface area contributed by atoms with Gasteiger partial charge in [-0.2, -0.15) is 0 Å². The topological polar surface area (TPSA) is 29.3 Å². The third kappa shape index (κ3) is 4.70. The first-order valence-electron chi connectivity index (χ1n) is 6.78. The first kappa shape index (κ1) is 15.7. The highest BCUT2D eigenvalue weighted by Crippen LogP contribution is 2.22. The summed E-state index contributed by atoms with van der Waals surface area (Å²) in [5.41, 5.74) is 10.1. The van der Waals surface area contributed by atoms with Crippen molar-refractivity contribution >= 4 is 27.3 Å². The smallest absolute Gasteiger partial charge is 0.0701 e. The lowest BCUT2D eigenvalue weighted by Gasteiger charge is -2.19. The van der Waals surface area contributed by atoms with E-state index in [0.717, 1.165) is 19.5 Å². The van der Waals surface area contributed by atoms with E-state index in [1.807, 2.05) is 0 Å². The number of halogens is 1. The van der Waals surface area contributed by atoms with E-state index in [0.29, 0.717) is 0 Å². The molecule has 1 aromatic carbocycles. The van der Waals surface area contributed by atoms with Gasteiger partial charge in [0.05, 0.1) is 3.79 Å². The zero-order chi connectivity index (χ0) is 14.5. The summed E-state index contributed by atoms with van der Waals surface area (Å²) in [7, 11) is 2.15. The second-order valence-electron chi connectivity index (χ2n) is 5.30. The van der Waals surface area contributed by atoms with Crippen molar-refractivity contribution in [2.75, 3.05) is 13.6 Å². The van der Waals surface area contributed by atoms with Gasteiger partial charge in [-0.05, 0) is 65.4 Å². The van der Waals surface area contributed by atoms with E-state index in [2.05, 4.69) is 70.5 Å². The van der Waals surface area contributed by atoms with E-state index < -0.39 is 0 Å². The summed E-state index contributed by atoms with van der Waals surface area (Å²) < 4.78 is 1.19. The van der Waals surface area contributed by atoms with Gasteiger partial charge in [0.1, 0.15) is 0 Å². The fourth-order valence-electron chi connectivity index (χ4n) is 2.16. The van der Waals surface area contributed by atoms with Gasteiger partial charge in [-0.25, -0.2) is 0 Å². The zero-order valence-electron chi connectivity index (χ0n) is 12.0. The third-order valence-corrected chi connectivity index (χ3v) is 4.95. The number of benzene rings is 1. The Labute approximate surface area is 133 Å². The fraction of sp³-hybridized carbons (Fsp3) is 0.375. The molecule has 1 aromatic heterocycles. The highest BCUT2D eigenvalue weighted by molar-refractivity contribution is 9.11. The molecular formula is C16H21BrN2S. The van der Waals surface area contributed by atoms with E-state index in [1.165, 1.54) is 20.5 Å². The Bertz CT molecular complexity index is 536. The molecule has 0 bridgehead atoms. The van der Waals surface area contributed by atoms with Gasteiger partial charge in [0.25, 0.3) is 0 Å². The van der Waals surface area contributed by atoms with Crippen molar-refractivity contribution in [1.82, 2.24) is 4.90 Å². The first-order valence-corrected chi connectivity index (χ1v) is 8.45. The van der Waals surface area contributed by atoms with Gasteiger partial charge < -0.3 is 10.6 Å². The Morgan fingerprint density at radius 3 is 2.60 bits per heavy atom. The Hall–Kier alpha value is -0.680. The van der Waals surface area contributed by atoms with Crippen molar-refractivity contribution in [2.45, 2.75) is 25.9 Å². The number of nitrogens with two attached hydrogens (primary N) is 1. The van der Waals surface area contributed by atoms with Gasteiger partial charge in [0.15, 0.2) is 0 Å². The normalized spacial score (nSPS) is 12.8. The van der Waals surface area contributed by atoms with Gasteiger partial charge in [0, 0.05) is 12.6 Å². The van der Waals surface area contributed by atoms with E-state index >= 15 is 0 Å². The van der Waals surface area contributed by atoms with E-state index in [9.17, 15) is 0 Å². The van der Waals surface area contributed by atoms with Gasteiger partial charge in [-0.1, -0.05) is 29.8 Å². The van der Waals surface area contributed by atoms with E-state index in [-0.39, 0.29) is 6.04 Å². The fourth-order valence-corrected chi connectivity index (χ4v) is 3.36. The Kier molecular flexibility index (Phi) is 5.78.